The number of nitrogens with one attached hydrogen (secondary N) is 2. The lowest BCUT2D eigenvalue weighted by atomic mass is 10.2. The van der Waals surface area contributed by atoms with Crippen molar-refractivity contribution in [2.75, 3.05) is 25.0 Å². The van der Waals surface area contributed by atoms with Gasteiger partial charge in [0.05, 0.1) is 13.0 Å². The fraction of sp³-hybridized carbons (Fsp3) is 0.333. The van der Waals surface area contributed by atoms with Gasteiger partial charge in [0, 0.05) is 31.4 Å². The molecule has 1 atom stereocenters. The van der Waals surface area contributed by atoms with Gasteiger partial charge in [0.25, 0.3) is 0 Å². The molecular weight excluding hydrogens is 356 g/mol. The Labute approximate surface area is 164 Å². The number of nitrogens with zero attached hydrogens (tertiary/aromatic N) is 1. The molecule has 1 heterocycles. The van der Waals surface area contributed by atoms with E-state index in [-0.39, 0.29) is 25.1 Å². The number of carbonyl (C=O) groups is 2. The number of benzene rings is 2. The SMILES string of the molecule is NC(=O)CCOc1ccc(NC(=O)NC2CCN(Cc3ccccc3)C2)cc1. The minimum atomic E-state index is -0.399. The second kappa shape index (κ2) is 9.75. The molecular formula is C21H26N4O3. The summed E-state index contributed by atoms with van der Waals surface area (Å²) >= 11 is 0. The summed E-state index contributed by atoms with van der Waals surface area (Å²) in [4.78, 5) is 25.3. The topological polar surface area (TPSA) is 96.7 Å². The Balaban J connectivity index is 1.40. The fourth-order valence-corrected chi connectivity index (χ4v) is 3.19. The molecule has 3 amide bonds. The van der Waals surface area contributed by atoms with Gasteiger partial charge in [0.2, 0.25) is 5.91 Å². The molecule has 1 aliphatic rings. The zero-order valence-corrected chi connectivity index (χ0v) is 15.8. The molecule has 1 saturated heterocycles. The summed E-state index contributed by atoms with van der Waals surface area (Å²) in [6.07, 6.45) is 1.11. The van der Waals surface area contributed by atoms with Crippen molar-refractivity contribution in [2.24, 2.45) is 5.73 Å². The van der Waals surface area contributed by atoms with Crippen LogP contribution in [0.1, 0.15) is 18.4 Å². The molecule has 7 nitrogen and oxygen atoms in total. The Bertz CT molecular complexity index is 780. The highest BCUT2D eigenvalue weighted by molar-refractivity contribution is 5.89. The maximum absolute atomic E-state index is 12.2. The van der Waals surface area contributed by atoms with Gasteiger partial charge < -0.3 is 21.1 Å². The Morgan fingerprint density at radius 2 is 1.86 bits per heavy atom. The molecule has 3 rings (SSSR count). The summed E-state index contributed by atoms with van der Waals surface area (Å²) < 4.78 is 5.41. The second-order valence-corrected chi connectivity index (χ2v) is 6.89. The predicted octanol–water partition coefficient (Wildman–Crippen LogP) is 2.34. The van der Waals surface area contributed by atoms with Crippen LogP contribution >= 0.6 is 0 Å². The van der Waals surface area contributed by atoms with Crippen molar-refractivity contribution in [3.8, 4) is 5.75 Å². The number of hydrogen-bond donors (Lipinski definition) is 3. The van der Waals surface area contributed by atoms with E-state index in [0.717, 1.165) is 26.1 Å². The minimum Gasteiger partial charge on any atom is -0.493 e. The average molecular weight is 382 g/mol. The Hall–Kier alpha value is -3.06. The molecule has 7 heteroatoms. The minimum absolute atomic E-state index is 0.139. The molecule has 2 aromatic rings. The smallest absolute Gasteiger partial charge is 0.319 e. The van der Waals surface area contributed by atoms with Crippen LogP contribution in [0, 0.1) is 0 Å². The standard InChI is InChI=1S/C21H26N4O3/c22-20(26)11-13-28-19-8-6-17(7-9-19)23-21(27)24-18-10-12-25(15-18)14-16-4-2-1-3-5-16/h1-9,18H,10-15H2,(H2,22,26)(H2,23,24,27). The molecule has 0 bridgehead atoms. The van der Waals surface area contributed by atoms with Crippen molar-refractivity contribution in [3.63, 3.8) is 0 Å². The predicted molar refractivity (Wildman–Crippen MR) is 108 cm³/mol. The number of likely N-dealkylation sites (tertiary alicyclic amines) is 1. The maximum atomic E-state index is 12.2. The maximum Gasteiger partial charge on any atom is 0.319 e. The molecule has 0 aromatic heterocycles. The first-order chi connectivity index (χ1) is 13.6. The third kappa shape index (κ3) is 6.28. The Morgan fingerprint density at radius 1 is 1.11 bits per heavy atom. The van der Waals surface area contributed by atoms with Gasteiger partial charge in [-0.15, -0.1) is 0 Å². The van der Waals surface area contributed by atoms with E-state index in [0.29, 0.717) is 11.4 Å². The van der Waals surface area contributed by atoms with E-state index in [4.69, 9.17) is 10.5 Å². The van der Waals surface area contributed by atoms with Gasteiger partial charge in [-0.05, 0) is 36.2 Å². The van der Waals surface area contributed by atoms with Crippen molar-refractivity contribution >= 4 is 17.6 Å². The van der Waals surface area contributed by atoms with E-state index in [1.165, 1.54) is 5.56 Å². The summed E-state index contributed by atoms with van der Waals surface area (Å²) in [7, 11) is 0. The summed E-state index contributed by atoms with van der Waals surface area (Å²) in [5.41, 5.74) is 7.04. The lowest BCUT2D eigenvalue weighted by Crippen LogP contribution is -2.39. The third-order valence-corrected chi connectivity index (χ3v) is 4.59. The highest BCUT2D eigenvalue weighted by Gasteiger charge is 2.23. The number of ether oxygens (including phenoxy) is 1. The van der Waals surface area contributed by atoms with Gasteiger partial charge >= 0.3 is 6.03 Å². The van der Waals surface area contributed by atoms with Crippen LogP contribution in [0.15, 0.2) is 54.6 Å². The van der Waals surface area contributed by atoms with Gasteiger partial charge in [0.1, 0.15) is 5.75 Å². The van der Waals surface area contributed by atoms with Crippen molar-refractivity contribution < 1.29 is 14.3 Å². The number of anilines is 1. The number of carbonyl (C=O) groups excluding carboxylic acids is 2. The van der Waals surface area contributed by atoms with E-state index < -0.39 is 5.91 Å². The van der Waals surface area contributed by atoms with Crippen LogP contribution in [0.4, 0.5) is 10.5 Å². The number of urea groups is 1. The molecule has 1 fully saturated rings. The number of rotatable bonds is 8. The number of primary amides is 1. The first-order valence-corrected chi connectivity index (χ1v) is 9.43. The van der Waals surface area contributed by atoms with Gasteiger partial charge in [-0.25, -0.2) is 4.79 Å². The molecule has 4 N–H and O–H groups in total. The van der Waals surface area contributed by atoms with Crippen LogP contribution in [-0.4, -0.2) is 42.6 Å². The van der Waals surface area contributed by atoms with Crippen LogP contribution in [0.25, 0.3) is 0 Å². The zero-order chi connectivity index (χ0) is 19.8. The van der Waals surface area contributed by atoms with Gasteiger partial charge in [-0.1, -0.05) is 30.3 Å². The largest absolute Gasteiger partial charge is 0.493 e. The molecule has 28 heavy (non-hydrogen) atoms. The van der Waals surface area contributed by atoms with E-state index in [1.54, 1.807) is 24.3 Å². The quantitative estimate of drug-likeness (QED) is 0.653. The summed E-state index contributed by atoms with van der Waals surface area (Å²) in [5.74, 6) is 0.226. The molecule has 0 aliphatic carbocycles. The van der Waals surface area contributed by atoms with Crippen LogP contribution in [0.2, 0.25) is 0 Å². The molecule has 1 unspecified atom stereocenters. The highest BCUT2D eigenvalue weighted by Crippen LogP contribution is 2.17. The molecule has 0 spiro atoms. The van der Waals surface area contributed by atoms with E-state index in [9.17, 15) is 9.59 Å². The monoisotopic (exact) mass is 382 g/mol. The van der Waals surface area contributed by atoms with E-state index >= 15 is 0 Å². The van der Waals surface area contributed by atoms with Crippen LogP contribution in [-0.2, 0) is 11.3 Å². The third-order valence-electron chi connectivity index (χ3n) is 4.59. The van der Waals surface area contributed by atoms with Crippen molar-refractivity contribution in [3.05, 3.63) is 60.2 Å². The number of nitrogens with two attached hydrogens (primary N) is 1. The van der Waals surface area contributed by atoms with Gasteiger partial charge in [-0.3, -0.25) is 9.69 Å². The normalized spacial score (nSPS) is 16.5. The molecule has 1 aliphatic heterocycles. The van der Waals surface area contributed by atoms with Crippen LogP contribution < -0.4 is 21.1 Å². The first-order valence-electron chi connectivity index (χ1n) is 9.43. The highest BCUT2D eigenvalue weighted by atomic mass is 16.5. The lowest BCUT2D eigenvalue weighted by Gasteiger charge is -2.17. The van der Waals surface area contributed by atoms with Crippen LogP contribution in [0.3, 0.4) is 0 Å². The Kier molecular flexibility index (Phi) is 6.86. The van der Waals surface area contributed by atoms with E-state index in [1.807, 2.05) is 18.2 Å². The Morgan fingerprint density at radius 3 is 2.57 bits per heavy atom. The molecule has 2 aromatic carbocycles. The average Bonchev–Trinajstić information content (AvgIpc) is 3.10. The fourth-order valence-electron chi connectivity index (χ4n) is 3.19. The zero-order valence-electron chi connectivity index (χ0n) is 15.8. The van der Waals surface area contributed by atoms with Crippen molar-refractivity contribution in [1.29, 1.82) is 0 Å². The summed E-state index contributed by atoms with van der Waals surface area (Å²) in [5, 5.41) is 5.87. The first kappa shape index (κ1) is 19.7. The second-order valence-electron chi connectivity index (χ2n) is 6.89. The van der Waals surface area contributed by atoms with Crippen molar-refractivity contribution in [2.45, 2.75) is 25.4 Å². The van der Waals surface area contributed by atoms with E-state index in [2.05, 4.69) is 27.7 Å². The van der Waals surface area contributed by atoms with Gasteiger partial charge in [0.15, 0.2) is 0 Å². The number of hydrogen-bond acceptors (Lipinski definition) is 4. The van der Waals surface area contributed by atoms with Gasteiger partial charge in [-0.2, -0.15) is 0 Å². The summed E-state index contributed by atoms with van der Waals surface area (Å²) in [6, 6.07) is 17.3. The number of amides is 3. The molecule has 0 saturated carbocycles. The molecule has 0 radical (unpaired) electrons. The van der Waals surface area contributed by atoms with Crippen LogP contribution in [0.5, 0.6) is 5.75 Å². The summed E-state index contributed by atoms with van der Waals surface area (Å²) in [6.45, 7) is 2.95. The van der Waals surface area contributed by atoms with Crippen molar-refractivity contribution in [1.82, 2.24) is 10.2 Å². The lowest BCUT2D eigenvalue weighted by molar-refractivity contribution is -0.118. The molecule has 148 valence electrons.